The Kier molecular flexibility index (Phi) is 3.58. The van der Waals surface area contributed by atoms with E-state index < -0.39 is 0 Å². The van der Waals surface area contributed by atoms with E-state index in [0.717, 1.165) is 56.2 Å². The van der Waals surface area contributed by atoms with Gasteiger partial charge in [-0.2, -0.15) is 4.98 Å². The summed E-state index contributed by atoms with van der Waals surface area (Å²) in [5, 5.41) is 7.61. The highest BCUT2D eigenvalue weighted by molar-refractivity contribution is 5.05. The standard InChI is InChI=1S/C15H26N4O/c1-10(2)5-13-17-14(20-18-13)9-19-8-11-6-16-7-12(11)15(19,3)4/h10-12,16H,5-9H2,1-4H3. The van der Waals surface area contributed by atoms with E-state index in [4.69, 9.17) is 4.52 Å². The van der Waals surface area contributed by atoms with Crippen LogP contribution in [0.2, 0.25) is 0 Å². The number of likely N-dealkylation sites (tertiary alicyclic amines) is 1. The predicted octanol–water partition coefficient (Wildman–Crippen LogP) is 1.70. The molecule has 1 aromatic heterocycles. The average molecular weight is 278 g/mol. The van der Waals surface area contributed by atoms with Crippen molar-refractivity contribution in [1.29, 1.82) is 0 Å². The molecule has 0 radical (unpaired) electrons. The Morgan fingerprint density at radius 3 is 2.90 bits per heavy atom. The second kappa shape index (κ2) is 5.11. The quantitative estimate of drug-likeness (QED) is 0.908. The third-order valence-corrected chi connectivity index (χ3v) is 4.94. The van der Waals surface area contributed by atoms with Gasteiger partial charge >= 0.3 is 0 Å². The van der Waals surface area contributed by atoms with Crippen molar-refractivity contribution in [2.24, 2.45) is 17.8 Å². The molecule has 20 heavy (non-hydrogen) atoms. The number of nitrogens with one attached hydrogen (secondary N) is 1. The minimum atomic E-state index is 0.209. The summed E-state index contributed by atoms with van der Waals surface area (Å²) in [7, 11) is 0. The second-order valence-corrected chi connectivity index (χ2v) is 7.26. The molecule has 3 heterocycles. The summed E-state index contributed by atoms with van der Waals surface area (Å²) in [4.78, 5) is 7.05. The Hall–Kier alpha value is -0.940. The van der Waals surface area contributed by atoms with E-state index >= 15 is 0 Å². The maximum Gasteiger partial charge on any atom is 0.240 e. The smallest absolute Gasteiger partial charge is 0.240 e. The largest absolute Gasteiger partial charge is 0.338 e. The summed E-state index contributed by atoms with van der Waals surface area (Å²) in [5.74, 6) is 3.67. The fourth-order valence-electron chi connectivity index (χ4n) is 3.74. The lowest BCUT2D eigenvalue weighted by atomic mass is 9.85. The van der Waals surface area contributed by atoms with Gasteiger partial charge in [-0.3, -0.25) is 4.90 Å². The third-order valence-electron chi connectivity index (χ3n) is 4.94. The van der Waals surface area contributed by atoms with Gasteiger partial charge in [0.2, 0.25) is 5.89 Å². The van der Waals surface area contributed by atoms with Gasteiger partial charge in [-0.05, 0) is 38.1 Å². The monoisotopic (exact) mass is 278 g/mol. The fourth-order valence-corrected chi connectivity index (χ4v) is 3.74. The molecule has 2 saturated heterocycles. The summed E-state index contributed by atoms with van der Waals surface area (Å²) >= 11 is 0. The first-order chi connectivity index (χ1) is 9.46. The molecule has 0 aliphatic carbocycles. The molecule has 3 rings (SSSR count). The molecule has 0 bridgehead atoms. The first-order valence-electron chi connectivity index (χ1n) is 7.74. The molecule has 2 atom stereocenters. The molecule has 5 heteroatoms. The van der Waals surface area contributed by atoms with E-state index in [1.54, 1.807) is 0 Å². The summed E-state index contributed by atoms with van der Waals surface area (Å²) in [5.41, 5.74) is 0.209. The molecule has 0 saturated carbocycles. The highest BCUT2D eigenvalue weighted by atomic mass is 16.5. The van der Waals surface area contributed by atoms with Crippen LogP contribution in [0.5, 0.6) is 0 Å². The lowest BCUT2D eigenvalue weighted by molar-refractivity contribution is 0.117. The molecule has 0 aromatic carbocycles. The van der Waals surface area contributed by atoms with E-state index in [-0.39, 0.29) is 5.54 Å². The molecule has 1 aromatic rings. The SMILES string of the molecule is CC(C)Cc1noc(CN2CC3CNCC3C2(C)C)n1. The first-order valence-corrected chi connectivity index (χ1v) is 7.74. The van der Waals surface area contributed by atoms with Crippen LogP contribution in [0, 0.1) is 17.8 Å². The summed E-state index contributed by atoms with van der Waals surface area (Å²) in [6.07, 6.45) is 0.891. The molecular weight excluding hydrogens is 252 g/mol. The van der Waals surface area contributed by atoms with Crippen molar-refractivity contribution in [2.45, 2.75) is 46.2 Å². The van der Waals surface area contributed by atoms with Crippen LogP contribution >= 0.6 is 0 Å². The van der Waals surface area contributed by atoms with E-state index in [1.165, 1.54) is 0 Å². The normalized spacial score (nSPS) is 29.2. The minimum absolute atomic E-state index is 0.209. The lowest BCUT2D eigenvalue weighted by Gasteiger charge is -2.34. The molecule has 0 spiro atoms. The Balaban J connectivity index is 1.67. The number of hydrogen-bond acceptors (Lipinski definition) is 5. The Bertz CT molecular complexity index is 468. The zero-order valence-corrected chi connectivity index (χ0v) is 13.0. The van der Waals surface area contributed by atoms with Gasteiger partial charge in [0.1, 0.15) is 0 Å². The molecular formula is C15H26N4O. The zero-order chi connectivity index (χ0) is 14.3. The number of rotatable bonds is 4. The molecule has 0 amide bonds. The lowest BCUT2D eigenvalue weighted by Crippen LogP contribution is -2.43. The van der Waals surface area contributed by atoms with Crippen molar-refractivity contribution in [3.8, 4) is 0 Å². The maximum atomic E-state index is 5.42. The van der Waals surface area contributed by atoms with Crippen LogP contribution in [-0.2, 0) is 13.0 Å². The van der Waals surface area contributed by atoms with Crippen LogP contribution in [0.25, 0.3) is 0 Å². The number of hydrogen-bond donors (Lipinski definition) is 1. The number of aromatic nitrogens is 2. The van der Waals surface area contributed by atoms with Crippen molar-refractivity contribution >= 4 is 0 Å². The topological polar surface area (TPSA) is 54.2 Å². The van der Waals surface area contributed by atoms with Gasteiger partial charge in [0.05, 0.1) is 6.54 Å². The highest BCUT2D eigenvalue weighted by Crippen LogP contribution is 2.41. The van der Waals surface area contributed by atoms with Gasteiger partial charge in [-0.1, -0.05) is 19.0 Å². The summed E-state index contributed by atoms with van der Waals surface area (Å²) < 4.78 is 5.42. The van der Waals surface area contributed by atoms with Crippen LogP contribution in [0.4, 0.5) is 0 Å². The fraction of sp³-hybridized carbons (Fsp3) is 0.867. The van der Waals surface area contributed by atoms with Gasteiger partial charge in [-0.25, -0.2) is 0 Å². The number of fused-ring (bicyclic) bond motifs is 1. The van der Waals surface area contributed by atoms with E-state index in [2.05, 4.69) is 48.1 Å². The zero-order valence-electron chi connectivity index (χ0n) is 13.0. The molecule has 5 nitrogen and oxygen atoms in total. The van der Waals surface area contributed by atoms with Crippen LogP contribution in [0.1, 0.15) is 39.4 Å². The van der Waals surface area contributed by atoms with E-state index in [0.29, 0.717) is 5.92 Å². The molecule has 2 unspecified atom stereocenters. The molecule has 2 aliphatic heterocycles. The Morgan fingerprint density at radius 1 is 1.40 bits per heavy atom. The number of nitrogens with zero attached hydrogens (tertiary/aromatic N) is 3. The minimum Gasteiger partial charge on any atom is -0.338 e. The van der Waals surface area contributed by atoms with Gasteiger partial charge in [0.15, 0.2) is 5.82 Å². The summed E-state index contributed by atoms with van der Waals surface area (Å²) in [6, 6.07) is 0. The molecule has 1 N–H and O–H groups in total. The maximum absolute atomic E-state index is 5.42. The first kappa shape index (κ1) is 14.0. The van der Waals surface area contributed by atoms with Crippen molar-refractivity contribution in [1.82, 2.24) is 20.4 Å². The van der Waals surface area contributed by atoms with Gasteiger partial charge in [0, 0.05) is 25.0 Å². The van der Waals surface area contributed by atoms with Gasteiger partial charge in [-0.15, -0.1) is 0 Å². The van der Waals surface area contributed by atoms with Crippen molar-refractivity contribution in [3.05, 3.63) is 11.7 Å². The van der Waals surface area contributed by atoms with Crippen molar-refractivity contribution in [2.75, 3.05) is 19.6 Å². The highest BCUT2D eigenvalue weighted by Gasteiger charge is 2.49. The predicted molar refractivity (Wildman–Crippen MR) is 77.2 cm³/mol. The van der Waals surface area contributed by atoms with Crippen LogP contribution < -0.4 is 5.32 Å². The Labute approximate surface area is 121 Å². The van der Waals surface area contributed by atoms with Gasteiger partial charge in [0.25, 0.3) is 0 Å². The molecule has 112 valence electrons. The second-order valence-electron chi connectivity index (χ2n) is 7.26. The molecule has 2 aliphatic rings. The average Bonchev–Trinajstić information content (AvgIpc) is 3.01. The van der Waals surface area contributed by atoms with Crippen LogP contribution in [0.15, 0.2) is 4.52 Å². The third kappa shape index (κ3) is 2.49. The van der Waals surface area contributed by atoms with Crippen molar-refractivity contribution in [3.63, 3.8) is 0 Å². The van der Waals surface area contributed by atoms with Crippen LogP contribution in [0.3, 0.4) is 0 Å². The Morgan fingerprint density at radius 2 is 2.20 bits per heavy atom. The summed E-state index contributed by atoms with van der Waals surface area (Å²) in [6.45, 7) is 13.2. The van der Waals surface area contributed by atoms with Crippen LogP contribution in [-0.4, -0.2) is 40.2 Å². The van der Waals surface area contributed by atoms with Crippen molar-refractivity contribution < 1.29 is 4.52 Å². The van der Waals surface area contributed by atoms with E-state index in [1.807, 2.05) is 0 Å². The molecule has 2 fully saturated rings. The van der Waals surface area contributed by atoms with E-state index in [9.17, 15) is 0 Å². The van der Waals surface area contributed by atoms with Gasteiger partial charge < -0.3 is 9.84 Å².